The average Bonchev–Trinajstić information content (AvgIpc) is 2.83. The number of anilines is 4. The third kappa shape index (κ3) is 5.75. The van der Waals surface area contributed by atoms with Crippen LogP contribution in [0.5, 0.6) is 11.5 Å². The number of nitrogens with one attached hydrogen (secondary N) is 2. The van der Waals surface area contributed by atoms with E-state index < -0.39 is 11.9 Å². The molecule has 0 radical (unpaired) electrons. The maximum atomic E-state index is 11.7. The molecule has 3 aromatic rings. The van der Waals surface area contributed by atoms with E-state index in [9.17, 15) is 19.8 Å². The zero-order valence-corrected chi connectivity index (χ0v) is 20.0. The maximum absolute atomic E-state index is 11.7. The van der Waals surface area contributed by atoms with E-state index in [0.29, 0.717) is 17.2 Å². The number of phenolic OH excluding ortho intramolecular Hbond substituents is 2. The molecule has 4 N–H and O–H groups in total. The third-order valence-corrected chi connectivity index (χ3v) is 5.44. The Balaban J connectivity index is 1.96. The van der Waals surface area contributed by atoms with Crippen LogP contribution in [0.2, 0.25) is 0 Å². The van der Waals surface area contributed by atoms with Crippen LogP contribution in [-0.4, -0.2) is 51.3 Å². The lowest BCUT2D eigenvalue weighted by Gasteiger charge is -2.22. The fraction of sp³-hybridized carbons (Fsp3) is 0.292. The number of methoxy groups -OCH3 is 2. The summed E-state index contributed by atoms with van der Waals surface area (Å²) >= 11 is 0. The normalized spacial score (nSPS) is 11.0. The van der Waals surface area contributed by atoms with Gasteiger partial charge in [-0.25, -0.2) is 9.59 Å². The van der Waals surface area contributed by atoms with Crippen LogP contribution < -0.4 is 10.6 Å². The summed E-state index contributed by atoms with van der Waals surface area (Å²) in [6.45, 7) is 5.99. The minimum absolute atomic E-state index is 0.0269. The highest BCUT2D eigenvalue weighted by Gasteiger charge is 2.24. The number of carbonyl (C=O) groups is 2. The average molecular weight is 482 g/mol. The lowest BCUT2D eigenvalue weighted by Crippen LogP contribution is -2.21. The number of ether oxygens (including phenoxy) is 2. The SMILES string of the molecule is CCC(C)(C)c1nc(Nc2ccc(C(=O)OC)c(O)c2)nc(Nc2ccc(C(=O)OC)c(O)c2)n1. The summed E-state index contributed by atoms with van der Waals surface area (Å²) in [5.74, 6) is -0.942. The van der Waals surface area contributed by atoms with Crippen LogP contribution in [0, 0.1) is 0 Å². The first-order chi connectivity index (χ1) is 16.6. The molecule has 2 aromatic carbocycles. The fourth-order valence-corrected chi connectivity index (χ4v) is 2.99. The lowest BCUT2D eigenvalue weighted by molar-refractivity contribution is 0.0588. The van der Waals surface area contributed by atoms with E-state index in [4.69, 9.17) is 0 Å². The molecule has 0 amide bonds. The lowest BCUT2D eigenvalue weighted by atomic mass is 9.89. The van der Waals surface area contributed by atoms with Gasteiger partial charge in [0.2, 0.25) is 11.9 Å². The number of benzene rings is 2. The summed E-state index contributed by atoms with van der Waals surface area (Å²) in [4.78, 5) is 36.9. The van der Waals surface area contributed by atoms with Gasteiger partial charge in [0.25, 0.3) is 0 Å². The van der Waals surface area contributed by atoms with E-state index in [1.54, 1.807) is 12.1 Å². The Kier molecular flexibility index (Phi) is 7.38. The molecule has 0 aliphatic rings. The fourth-order valence-electron chi connectivity index (χ4n) is 2.99. The molecule has 0 aliphatic carbocycles. The minimum Gasteiger partial charge on any atom is -0.507 e. The van der Waals surface area contributed by atoms with Crippen molar-refractivity contribution in [2.75, 3.05) is 24.9 Å². The number of carbonyl (C=O) groups excluding carboxylic acids is 2. The molecule has 3 rings (SSSR count). The molecule has 0 spiro atoms. The first-order valence-corrected chi connectivity index (χ1v) is 10.7. The number of phenols is 2. The topological polar surface area (TPSA) is 156 Å². The molecule has 0 bridgehead atoms. The van der Waals surface area contributed by atoms with Crippen LogP contribution in [0.25, 0.3) is 0 Å². The van der Waals surface area contributed by atoms with E-state index in [2.05, 4.69) is 35.1 Å². The second kappa shape index (κ2) is 10.2. The Morgan fingerprint density at radius 3 is 1.60 bits per heavy atom. The van der Waals surface area contributed by atoms with Gasteiger partial charge >= 0.3 is 11.9 Å². The van der Waals surface area contributed by atoms with Gasteiger partial charge < -0.3 is 30.3 Å². The quantitative estimate of drug-likeness (QED) is 0.344. The molecule has 0 unspecified atom stereocenters. The van der Waals surface area contributed by atoms with Gasteiger partial charge in [-0.15, -0.1) is 0 Å². The Morgan fingerprint density at radius 2 is 1.26 bits per heavy atom. The van der Waals surface area contributed by atoms with Crippen molar-refractivity contribution in [3.05, 3.63) is 53.3 Å². The summed E-state index contributed by atoms with van der Waals surface area (Å²) in [5, 5.41) is 26.4. The van der Waals surface area contributed by atoms with Gasteiger partial charge in [-0.1, -0.05) is 20.8 Å². The third-order valence-electron chi connectivity index (χ3n) is 5.44. The molecule has 1 aromatic heterocycles. The summed E-state index contributed by atoms with van der Waals surface area (Å²) in [6.07, 6.45) is 0.749. The molecule has 0 saturated carbocycles. The maximum Gasteiger partial charge on any atom is 0.341 e. The number of hydrogen-bond acceptors (Lipinski definition) is 11. The highest BCUT2D eigenvalue weighted by Crippen LogP contribution is 2.29. The largest absolute Gasteiger partial charge is 0.507 e. The van der Waals surface area contributed by atoms with Gasteiger partial charge in [-0.05, 0) is 30.7 Å². The van der Waals surface area contributed by atoms with Crippen molar-refractivity contribution in [2.24, 2.45) is 0 Å². The Hall–Kier alpha value is -4.41. The van der Waals surface area contributed by atoms with Gasteiger partial charge in [-0.3, -0.25) is 0 Å². The summed E-state index contributed by atoms with van der Waals surface area (Å²) in [5.41, 5.74) is 0.544. The Bertz CT molecular complexity index is 1180. The smallest absolute Gasteiger partial charge is 0.341 e. The van der Waals surface area contributed by atoms with Crippen molar-refractivity contribution in [2.45, 2.75) is 32.6 Å². The molecular weight excluding hydrogens is 454 g/mol. The van der Waals surface area contributed by atoms with Crippen molar-refractivity contribution in [1.82, 2.24) is 15.0 Å². The van der Waals surface area contributed by atoms with Crippen LogP contribution in [0.4, 0.5) is 23.3 Å². The summed E-state index contributed by atoms with van der Waals surface area (Å²) in [7, 11) is 2.46. The van der Waals surface area contributed by atoms with Crippen LogP contribution >= 0.6 is 0 Å². The number of nitrogens with zero attached hydrogens (tertiary/aromatic N) is 3. The van der Waals surface area contributed by atoms with Gasteiger partial charge in [0, 0.05) is 28.9 Å². The van der Waals surface area contributed by atoms with Crippen molar-refractivity contribution in [3.63, 3.8) is 0 Å². The van der Waals surface area contributed by atoms with E-state index in [0.717, 1.165) is 6.42 Å². The summed E-state index contributed by atoms with van der Waals surface area (Å²) in [6, 6.07) is 8.72. The van der Waals surface area contributed by atoms with Crippen molar-refractivity contribution < 1.29 is 29.3 Å². The van der Waals surface area contributed by atoms with E-state index in [-0.39, 0.29) is 39.9 Å². The monoisotopic (exact) mass is 481 g/mol. The number of rotatable bonds is 8. The van der Waals surface area contributed by atoms with Crippen molar-refractivity contribution in [3.8, 4) is 11.5 Å². The van der Waals surface area contributed by atoms with Gasteiger partial charge in [0.05, 0.1) is 14.2 Å². The minimum atomic E-state index is -0.658. The molecular formula is C24H27N5O6. The van der Waals surface area contributed by atoms with Crippen LogP contribution in [0.3, 0.4) is 0 Å². The number of esters is 2. The van der Waals surface area contributed by atoms with Crippen LogP contribution in [-0.2, 0) is 14.9 Å². The molecule has 35 heavy (non-hydrogen) atoms. The first-order valence-electron chi connectivity index (χ1n) is 10.7. The highest BCUT2D eigenvalue weighted by molar-refractivity contribution is 5.93. The number of aromatic nitrogens is 3. The summed E-state index contributed by atoms with van der Waals surface area (Å²) < 4.78 is 9.29. The van der Waals surface area contributed by atoms with Gasteiger partial charge in [-0.2, -0.15) is 15.0 Å². The Morgan fingerprint density at radius 1 is 0.829 bits per heavy atom. The second-order valence-electron chi connectivity index (χ2n) is 8.24. The molecule has 11 heteroatoms. The van der Waals surface area contributed by atoms with E-state index >= 15 is 0 Å². The zero-order chi connectivity index (χ0) is 25.8. The standard InChI is InChI=1S/C24H27N5O6/c1-6-24(2,3)21-27-22(25-13-7-9-15(17(30)11-13)19(32)34-4)29-23(28-21)26-14-8-10-16(18(31)12-14)20(33)35-5/h7-12,30-31H,6H2,1-5H3,(H2,25,26,27,28,29). The molecule has 1 heterocycles. The van der Waals surface area contributed by atoms with Crippen molar-refractivity contribution >= 4 is 35.2 Å². The predicted molar refractivity (Wildman–Crippen MR) is 129 cm³/mol. The molecule has 0 atom stereocenters. The van der Waals surface area contributed by atoms with E-state index in [1.807, 2.05) is 20.8 Å². The van der Waals surface area contributed by atoms with E-state index in [1.165, 1.54) is 38.5 Å². The molecule has 184 valence electrons. The zero-order valence-electron chi connectivity index (χ0n) is 20.0. The van der Waals surface area contributed by atoms with Crippen LogP contribution in [0.15, 0.2) is 36.4 Å². The predicted octanol–water partition coefficient (Wildman–Crippen LogP) is 4.03. The van der Waals surface area contributed by atoms with Crippen molar-refractivity contribution in [1.29, 1.82) is 0 Å². The Labute approximate surface area is 202 Å². The number of aromatic hydroxyl groups is 2. The number of hydrogen-bond donors (Lipinski definition) is 4. The van der Waals surface area contributed by atoms with Gasteiger partial charge in [0.1, 0.15) is 28.5 Å². The van der Waals surface area contributed by atoms with Gasteiger partial charge in [0.15, 0.2) is 0 Å². The molecule has 0 fully saturated rings. The molecule has 11 nitrogen and oxygen atoms in total. The molecule has 0 aliphatic heterocycles. The second-order valence-corrected chi connectivity index (χ2v) is 8.24. The highest BCUT2D eigenvalue weighted by atomic mass is 16.5. The first kappa shape index (κ1) is 25.2. The molecule has 0 saturated heterocycles. The van der Waals surface area contributed by atoms with Crippen LogP contribution in [0.1, 0.15) is 53.7 Å².